The maximum atomic E-state index is 11.5. The van der Waals surface area contributed by atoms with Crippen molar-refractivity contribution in [1.82, 2.24) is 0 Å². The Morgan fingerprint density at radius 2 is 2.27 bits per heavy atom. The first-order chi connectivity index (χ1) is 7.19. The van der Waals surface area contributed by atoms with Crippen molar-refractivity contribution in [2.45, 2.75) is 12.8 Å². The number of nitrogens with two attached hydrogens (primary N) is 1. The molecule has 4 nitrogen and oxygen atoms in total. The van der Waals surface area contributed by atoms with E-state index in [4.69, 9.17) is 5.90 Å². The minimum atomic E-state index is -0.458. The summed E-state index contributed by atoms with van der Waals surface area (Å²) in [6, 6.07) is 7.62. The Bertz CT molecular complexity index is 338. The molecule has 1 aromatic rings. The lowest BCUT2D eigenvalue weighted by Gasteiger charge is -2.13. The Morgan fingerprint density at radius 3 is 2.80 bits per heavy atom. The van der Waals surface area contributed by atoms with Gasteiger partial charge < -0.3 is 9.57 Å². The van der Waals surface area contributed by atoms with Crippen LogP contribution in [0.25, 0.3) is 0 Å². The van der Waals surface area contributed by atoms with Gasteiger partial charge in [-0.2, -0.15) is 0 Å². The number of hydrogen-bond acceptors (Lipinski definition) is 4. The fourth-order valence-electron chi connectivity index (χ4n) is 1.43. The average molecular weight is 209 g/mol. The first-order valence-corrected chi connectivity index (χ1v) is 4.65. The summed E-state index contributed by atoms with van der Waals surface area (Å²) in [4.78, 5) is 16.0. The molecule has 0 aliphatic carbocycles. The van der Waals surface area contributed by atoms with Gasteiger partial charge in [-0.05, 0) is 12.5 Å². The Kier molecular flexibility index (Phi) is 4.27. The van der Waals surface area contributed by atoms with Gasteiger partial charge in [0.2, 0.25) is 0 Å². The Hall–Kier alpha value is -1.39. The fourth-order valence-corrected chi connectivity index (χ4v) is 1.43. The van der Waals surface area contributed by atoms with E-state index in [1.54, 1.807) is 0 Å². The lowest BCUT2D eigenvalue weighted by atomic mass is 9.98. The van der Waals surface area contributed by atoms with Crippen LogP contribution in [-0.2, 0) is 14.4 Å². The van der Waals surface area contributed by atoms with E-state index in [9.17, 15) is 4.79 Å². The van der Waals surface area contributed by atoms with Gasteiger partial charge in [0.25, 0.3) is 0 Å². The van der Waals surface area contributed by atoms with Crippen LogP contribution in [0.2, 0.25) is 0 Å². The highest BCUT2D eigenvalue weighted by Gasteiger charge is 2.21. The number of carbonyl (C=O) groups excluding carboxylic acids is 1. The Balaban J connectivity index is 2.93. The molecule has 2 N–H and O–H groups in total. The highest BCUT2D eigenvalue weighted by molar-refractivity contribution is 5.78. The van der Waals surface area contributed by atoms with Gasteiger partial charge in [-0.3, -0.25) is 4.79 Å². The van der Waals surface area contributed by atoms with Crippen LogP contribution in [0.5, 0.6) is 0 Å². The molecule has 0 aliphatic rings. The second-order valence-corrected chi connectivity index (χ2v) is 3.32. The molecule has 0 fully saturated rings. The molecule has 0 saturated carbocycles. The van der Waals surface area contributed by atoms with Gasteiger partial charge in [-0.1, -0.05) is 29.8 Å². The Morgan fingerprint density at radius 1 is 1.53 bits per heavy atom. The van der Waals surface area contributed by atoms with Crippen molar-refractivity contribution in [2.24, 2.45) is 5.90 Å². The van der Waals surface area contributed by atoms with E-state index in [2.05, 4.69) is 9.57 Å². The minimum Gasteiger partial charge on any atom is -0.468 e. The van der Waals surface area contributed by atoms with Gasteiger partial charge in [0.1, 0.15) is 5.92 Å². The molecule has 1 atom stereocenters. The summed E-state index contributed by atoms with van der Waals surface area (Å²) in [7, 11) is 1.35. The van der Waals surface area contributed by atoms with Crippen LogP contribution in [0.15, 0.2) is 24.3 Å². The number of carbonyl (C=O) groups is 1. The maximum Gasteiger partial charge on any atom is 0.315 e. The molecule has 0 bridgehead atoms. The Labute approximate surface area is 88.9 Å². The van der Waals surface area contributed by atoms with Crippen molar-refractivity contribution in [1.29, 1.82) is 0 Å². The van der Waals surface area contributed by atoms with Crippen molar-refractivity contribution >= 4 is 5.97 Å². The smallest absolute Gasteiger partial charge is 0.315 e. The summed E-state index contributed by atoms with van der Waals surface area (Å²) in [6.07, 6.45) is 0. The topological polar surface area (TPSA) is 61.5 Å². The molecule has 0 saturated heterocycles. The quantitative estimate of drug-likeness (QED) is 0.596. The summed E-state index contributed by atoms with van der Waals surface area (Å²) in [5.74, 6) is 4.19. The molecule has 1 aromatic carbocycles. The molecular weight excluding hydrogens is 194 g/mol. The molecule has 0 aliphatic heterocycles. The van der Waals surface area contributed by atoms with Crippen LogP contribution in [0, 0.1) is 6.92 Å². The molecule has 15 heavy (non-hydrogen) atoms. The monoisotopic (exact) mass is 209 g/mol. The van der Waals surface area contributed by atoms with Crippen molar-refractivity contribution in [2.75, 3.05) is 13.7 Å². The third-order valence-electron chi connectivity index (χ3n) is 2.19. The van der Waals surface area contributed by atoms with Crippen LogP contribution < -0.4 is 5.90 Å². The molecular formula is C11H15NO3. The van der Waals surface area contributed by atoms with Crippen molar-refractivity contribution in [3.63, 3.8) is 0 Å². The van der Waals surface area contributed by atoms with E-state index in [1.807, 2.05) is 31.2 Å². The molecule has 0 spiro atoms. The summed E-state index contributed by atoms with van der Waals surface area (Å²) in [5.41, 5.74) is 1.94. The first-order valence-electron chi connectivity index (χ1n) is 4.65. The predicted molar refractivity (Wildman–Crippen MR) is 56.1 cm³/mol. The second-order valence-electron chi connectivity index (χ2n) is 3.32. The van der Waals surface area contributed by atoms with Gasteiger partial charge in [0.05, 0.1) is 13.7 Å². The van der Waals surface area contributed by atoms with E-state index in [1.165, 1.54) is 7.11 Å². The number of aryl methyl sites for hydroxylation is 1. The molecule has 0 amide bonds. The zero-order valence-electron chi connectivity index (χ0n) is 8.90. The van der Waals surface area contributed by atoms with E-state index in [0.717, 1.165) is 11.1 Å². The third-order valence-corrected chi connectivity index (χ3v) is 2.19. The summed E-state index contributed by atoms with van der Waals surface area (Å²) in [6.45, 7) is 2.08. The zero-order chi connectivity index (χ0) is 11.3. The van der Waals surface area contributed by atoms with Crippen LogP contribution in [0.4, 0.5) is 0 Å². The SMILES string of the molecule is COC(=O)C(CON)c1cccc(C)c1. The summed E-state index contributed by atoms with van der Waals surface area (Å²) >= 11 is 0. The predicted octanol–water partition coefficient (Wildman–Crippen LogP) is 1.14. The number of esters is 1. The van der Waals surface area contributed by atoms with E-state index >= 15 is 0 Å². The van der Waals surface area contributed by atoms with Gasteiger partial charge >= 0.3 is 5.97 Å². The largest absolute Gasteiger partial charge is 0.468 e. The lowest BCUT2D eigenvalue weighted by Crippen LogP contribution is -2.21. The standard InChI is InChI=1S/C11H15NO3/c1-8-4-3-5-9(6-8)10(7-15-12)11(13)14-2/h3-6,10H,7,12H2,1-2H3. The average Bonchev–Trinajstić information content (AvgIpc) is 2.25. The normalized spacial score (nSPS) is 12.2. The number of hydrogen-bond donors (Lipinski definition) is 1. The van der Waals surface area contributed by atoms with E-state index in [-0.39, 0.29) is 12.6 Å². The van der Waals surface area contributed by atoms with Crippen molar-refractivity contribution in [3.05, 3.63) is 35.4 Å². The second kappa shape index (κ2) is 5.48. The van der Waals surface area contributed by atoms with Gasteiger partial charge in [-0.25, -0.2) is 5.90 Å². The number of methoxy groups -OCH3 is 1. The molecule has 1 unspecified atom stereocenters. The van der Waals surface area contributed by atoms with Gasteiger partial charge in [0, 0.05) is 0 Å². The van der Waals surface area contributed by atoms with E-state index < -0.39 is 5.92 Å². The van der Waals surface area contributed by atoms with Crippen LogP contribution >= 0.6 is 0 Å². The van der Waals surface area contributed by atoms with Crippen LogP contribution in [0.3, 0.4) is 0 Å². The third kappa shape index (κ3) is 3.04. The fraction of sp³-hybridized carbons (Fsp3) is 0.364. The van der Waals surface area contributed by atoms with Gasteiger partial charge in [-0.15, -0.1) is 0 Å². The lowest BCUT2D eigenvalue weighted by molar-refractivity contribution is -0.144. The van der Waals surface area contributed by atoms with Crippen LogP contribution in [0.1, 0.15) is 17.0 Å². The summed E-state index contributed by atoms with van der Waals surface area (Å²) in [5, 5.41) is 0. The summed E-state index contributed by atoms with van der Waals surface area (Å²) < 4.78 is 4.68. The molecule has 0 heterocycles. The van der Waals surface area contributed by atoms with Crippen LogP contribution in [-0.4, -0.2) is 19.7 Å². The number of rotatable bonds is 4. The van der Waals surface area contributed by atoms with E-state index in [0.29, 0.717) is 0 Å². The highest BCUT2D eigenvalue weighted by Crippen LogP contribution is 2.18. The van der Waals surface area contributed by atoms with Gasteiger partial charge in [0.15, 0.2) is 0 Å². The first kappa shape index (κ1) is 11.7. The minimum absolute atomic E-state index is 0.121. The molecule has 82 valence electrons. The maximum absolute atomic E-state index is 11.5. The van der Waals surface area contributed by atoms with Crippen molar-refractivity contribution in [3.8, 4) is 0 Å². The molecule has 1 rings (SSSR count). The molecule has 0 radical (unpaired) electrons. The molecule has 4 heteroatoms. The zero-order valence-corrected chi connectivity index (χ0v) is 8.90. The number of ether oxygens (including phenoxy) is 1. The molecule has 0 aromatic heterocycles. The highest BCUT2D eigenvalue weighted by atomic mass is 16.6. The number of benzene rings is 1. The van der Waals surface area contributed by atoms with Crippen molar-refractivity contribution < 1.29 is 14.4 Å².